The van der Waals surface area contributed by atoms with E-state index in [0.29, 0.717) is 32.1 Å². The SMILES string of the molecule is CCS(=O)(=O)NCCCNC(=NC)NCCCOc1ccccc1. The normalized spacial score (nSPS) is 12.0. The van der Waals surface area contributed by atoms with Crippen LogP contribution in [0.5, 0.6) is 5.75 Å². The third-order valence-electron chi connectivity index (χ3n) is 3.20. The highest BCUT2D eigenvalue weighted by Gasteiger charge is 2.04. The Morgan fingerprint density at radius 1 is 1.08 bits per heavy atom. The van der Waals surface area contributed by atoms with E-state index in [1.54, 1.807) is 14.0 Å². The van der Waals surface area contributed by atoms with Crippen LogP contribution in [-0.4, -0.2) is 53.4 Å². The van der Waals surface area contributed by atoms with Gasteiger partial charge in [0.1, 0.15) is 5.75 Å². The van der Waals surface area contributed by atoms with Crippen LogP contribution in [0.15, 0.2) is 35.3 Å². The number of hydrogen-bond acceptors (Lipinski definition) is 4. The predicted molar refractivity (Wildman–Crippen MR) is 98.0 cm³/mol. The van der Waals surface area contributed by atoms with Crippen molar-refractivity contribution < 1.29 is 13.2 Å². The van der Waals surface area contributed by atoms with E-state index in [2.05, 4.69) is 20.3 Å². The Morgan fingerprint density at radius 2 is 1.75 bits per heavy atom. The van der Waals surface area contributed by atoms with E-state index in [4.69, 9.17) is 4.74 Å². The fourth-order valence-corrected chi connectivity index (χ4v) is 2.49. The molecule has 0 unspecified atom stereocenters. The van der Waals surface area contributed by atoms with Crippen LogP contribution in [-0.2, 0) is 10.0 Å². The van der Waals surface area contributed by atoms with Crippen LogP contribution in [0, 0.1) is 0 Å². The molecule has 7 nitrogen and oxygen atoms in total. The molecule has 0 aliphatic heterocycles. The first-order valence-electron chi connectivity index (χ1n) is 8.17. The van der Waals surface area contributed by atoms with E-state index in [-0.39, 0.29) is 5.75 Å². The van der Waals surface area contributed by atoms with Crippen LogP contribution < -0.4 is 20.1 Å². The summed E-state index contributed by atoms with van der Waals surface area (Å²) in [5.41, 5.74) is 0. The van der Waals surface area contributed by atoms with Crippen molar-refractivity contribution >= 4 is 16.0 Å². The van der Waals surface area contributed by atoms with E-state index in [9.17, 15) is 8.42 Å². The highest BCUT2D eigenvalue weighted by molar-refractivity contribution is 7.89. The molecule has 24 heavy (non-hydrogen) atoms. The second-order valence-corrected chi connectivity index (χ2v) is 7.19. The van der Waals surface area contributed by atoms with Crippen LogP contribution in [0.1, 0.15) is 19.8 Å². The zero-order valence-corrected chi connectivity index (χ0v) is 15.2. The lowest BCUT2D eigenvalue weighted by Gasteiger charge is -2.12. The molecular formula is C16H28N4O3S. The zero-order valence-electron chi connectivity index (χ0n) is 14.4. The molecule has 0 heterocycles. The number of nitrogens with zero attached hydrogens (tertiary/aromatic N) is 1. The molecule has 0 fully saturated rings. The van der Waals surface area contributed by atoms with Gasteiger partial charge >= 0.3 is 0 Å². The third kappa shape index (κ3) is 9.36. The smallest absolute Gasteiger partial charge is 0.211 e. The van der Waals surface area contributed by atoms with E-state index in [0.717, 1.165) is 18.7 Å². The lowest BCUT2D eigenvalue weighted by molar-refractivity contribution is 0.311. The van der Waals surface area contributed by atoms with Gasteiger partial charge in [-0.05, 0) is 31.9 Å². The number of guanidine groups is 1. The Balaban J connectivity index is 2.06. The molecule has 136 valence electrons. The summed E-state index contributed by atoms with van der Waals surface area (Å²) in [6.45, 7) is 4.06. The van der Waals surface area contributed by atoms with Crippen LogP contribution >= 0.6 is 0 Å². The molecule has 1 aromatic rings. The summed E-state index contributed by atoms with van der Waals surface area (Å²) >= 11 is 0. The number of ether oxygens (including phenoxy) is 1. The van der Waals surface area contributed by atoms with Crippen LogP contribution in [0.3, 0.4) is 0 Å². The van der Waals surface area contributed by atoms with Crippen LogP contribution in [0.25, 0.3) is 0 Å². The van der Waals surface area contributed by atoms with Crippen molar-refractivity contribution in [3.63, 3.8) is 0 Å². The van der Waals surface area contributed by atoms with Crippen LogP contribution in [0.4, 0.5) is 0 Å². The highest BCUT2D eigenvalue weighted by Crippen LogP contribution is 2.07. The van der Waals surface area contributed by atoms with Gasteiger partial charge in [0, 0.05) is 26.7 Å². The summed E-state index contributed by atoms with van der Waals surface area (Å²) in [6.07, 6.45) is 1.54. The summed E-state index contributed by atoms with van der Waals surface area (Å²) < 4.78 is 30.7. The van der Waals surface area contributed by atoms with Gasteiger partial charge < -0.3 is 15.4 Å². The second-order valence-electron chi connectivity index (χ2n) is 5.09. The summed E-state index contributed by atoms with van der Waals surface area (Å²) in [7, 11) is -1.40. The standard InChI is InChI=1S/C16H28N4O3S/c1-3-24(21,22)20-13-7-11-18-16(17-2)19-12-8-14-23-15-9-5-4-6-10-15/h4-6,9-10,20H,3,7-8,11-14H2,1-2H3,(H2,17,18,19). The van der Waals surface area contributed by atoms with Gasteiger partial charge in [0.2, 0.25) is 10.0 Å². The van der Waals surface area contributed by atoms with Crippen molar-refractivity contribution in [3.8, 4) is 5.75 Å². The Hall–Kier alpha value is -1.80. The molecule has 0 atom stereocenters. The maximum absolute atomic E-state index is 11.3. The Morgan fingerprint density at radius 3 is 2.38 bits per heavy atom. The minimum atomic E-state index is -3.11. The monoisotopic (exact) mass is 356 g/mol. The lowest BCUT2D eigenvalue weighted by atomic mass is 10.3. The first kappa shape index (κ1) is 20.2. The van der Waals surface area contributed by atoms with Gasteiger partial charge in [-0.25, -0.2) is 13.1 Å². The lowest BCUT2D eigenvalue weighted by Crippen LogP contribution is -2.39. The number of aliphatic imine (C=N–C) groups is 1. The quantitative estimate of drug-likeness (QED) is 0.312. The Bertz CT molecular complexity index is 576. The van der Waals surface area contributed by atoms with E-state index < -0.39 is 10.0 Å². The van der Waals surface area contributed by atoms with Crippen molar-refractivity contribution in [1.29, 1.82) is 0 Å². The maximum atomic E-state index is 11.3. The van der Waals surface area contributed by atoms with Crippen molar-refractivity contribution in [1.82, 2.24) is 15.4 Å². The molecule has 0 saturated carbocycles. The molecule has 0 saturated heterocycles. The molecule has 8 heteroatoms. The molecule has 1 aromatic carbocycles. The van der Waals surface area contributed by atoms with Gasteiger partial charge in [0.15, 0.2) is 5.96 Å². The minimum absolute atomic E-state index is 0.106. The molecule has 0 bridgehead atoms. The second kappa shape index (κ2) is 11.7. The van der Waals surface area contributed by atoms with Gasteiger partial charge in [0.25, 0.3) is 0 Å². The summed E-state index contributed by atoms with van der Waals surface area (Å²) in [4.78, 5) is 4.12. The number of hydrogen-bond donors (Lipinski definition) is 3. The molecule has 0 aliphatic carbocycles. The average Bonchev–Trinajstić information content (AvgIpc) is 2.60. The zero-order chi connectivity index (χ0) is 17.7. The van der Waals surface area contributed by atoms with Crippen molar-refractivity contribution in [2.45, 2.75) is 19.8 Å². The van der Waals surface area contributed by atoms with Crippen molar-refractivity contribution in [3.05, 3.63) is 30.3 Å². The fraction of sp³-hybridized carbons (Fsp3) is 0.562. The van der Waals surface area contributed by atoms with Crippen molar-refractivity contribution in [2.24, 2.45) is 4.99 Å². The third-order valence-corrected chi connectivity index (χ3v) is 4.60. The number of nitrogens with one attached hydrogen (secondary N) is 3. The summed E-state index contributed by atoms with van der Waals surface area (Å²) in [5.74, 6) is 1.68. The predicted octanol–water partition coefficient (Wildman–Crippen LogP) is 0.950. The molecule has 1 rings (SSSR count). The van der Waals surface area contributed by atoms with Crippen molar-refractivity contribution in [2.75, 3.05) is 39.0 Å². The molecular weight excluding hydrogens is 328 g/mol. The average molecular weight is 356 g/mol. The molecule has 0 radical (unpaired) electrons. The maximum Gasteiger partial charge on any atom is 0.211 e. The van der Waals surface area contributed by atoms with Gasteiger partial charge in [-0.3, -0.25) is 4.99 Å². The molecule has 0 spiro atoms. The minimum Gasteiger partial charge on any atom is -0.494 e. The Kier molecular flexibility index (Phi) is 9.86. The number of para-hydroxylation sites is 1. The first-order valence-corrected chi connectivity index (χ1v) is 9.82. The number of rotatable bonds is 11. The Labute approximate surface area is 145 Å². The van der Waals surface area contributed by atoms with E-state index >= 15 is 0 Å². The first-order chi connectivity index (χ1) is 11.6. The summed E-state index contributed by atoms with van der Waals surface area (Å²) in [5, 5.41) is 6.34. The molecule has 0 aliphatic rings. The topological polar surface area (TPSA) is 91.8 Å². The van der Waals surface area contributed by atoms with Crippen LogP contribution in [0.2, 0.25) is 0 Å². The fourth-order valence-electron chi connectivity index (χ4n) is 1.83. The largest absolute Gasteiger partial charge is 0.494 e. The van der Waals surface area contributed by atoms with E-state index in [1.807, 2.05) is 30.3 Å². The molecule has 3 N–H and O–H groups in total. The van der Waals surface area contributed by atoms with E-state index in [1.165, 1.54) is 0 Å². The van der Waals surface area contributed by atoms with Gasteiger partial charge in [-0.1, -0.05) is 18.2 Å². The molecule has 0 aromatic heterocycles. The number of benzene rings is 1. The summed E-state index contributed by atoms with van der Waals surface area (Å²) in [6, 6.07) is 9.71. The number of sulfonamides is 1. The highest BCUT2D eigenvalue weighted by atomic mass is 32.2. The van der Waals surface area contributed by atoms with Gasteiger partial charge in [0.05, 0.1) is 12.4 Å². The van der Waals surface area contributed by atoms with Gasteiger partial charge in [-0.15, -0.1) is 0 Å². The van der Waals surface area contributed by atoms with Gasteiger partial charge in [-0.2, -0.15) is 0 Å². The molecule has 0 amide bonds.